The zero-order valence-electron chi connectivity index (χ0n) is 6.68. The standard InChI is InChI=1S/C5H5NO2.C3H3NO/c7-4-2-1-3-6-5(4)8;1-2-5-3-4-1/h1-3,7H,(H,6,8);1-3H. The smallest absolute Gasteiger partial charge is 0.290 e. The fourth-order valence-electron chi connectivity index (χ4n) is 0.588. The number of aromatic amines is 1. The predicted octanol–water partition coefficient (Wildman–Crippen LogP) is 0.755. The summed E-state index contributed by atoms with van der Waals surface area (Å²) in [6.45, 7) is 0. The van der Waals surface area contributed by atoms with Gasteiger partial charge in [-0.3, -0.25) is 4.79 Å². The van der Waals surface area contributed by atoms with E-state index in [1.807, 2.05) is 0 Å². The molecule has 0 saturated heterocycles. The summed E-state index contributed by atoms with van der Waals surface area (Å²) in [4.78, 5) is 16.2. The maximum Gasteiger partial charge on any atom is 0.290 e. The monoisotopic (exact) mass is 180 g/mol. The summed E-state index contributed by atoms with van der Waals surface area (Å²) < 4.78 is 4.47. The van der Waals surface area contributed by atoms with E-state index in [1.54, 1.807) is 12.3 Å². The third-order valence-electron chi connectivity index (χ3n) is 1.14. The molecule has 0 aliphatic carbocycles. The summed E-state index contributed by atoms with van der Waals surface area (Å²) in [6.07, 6.45) is 5.93. The number of aromatic nitrogens is 2. The Balaban J connectivity index is 0.000000145. The third kappa shape index (κ3) is 3.24. The molecular formula is C8H8N2O3. The molecule has 2 heterocycles. The highest BCUT2D eigenvalue weighted by Crippen LogP contribution is 1.92. The molecule has 2 N–H and O–H groups in total. The van der Waals surface area contributed by atoms with E-state index >= 15 is 0 Å². The second kappa shape index (κ2) is 4.76. The van der Waals surface area contributed by atoms with E-state index in [1.165, 1.54) is 24.9 Å². The third-order valence-corrected chi connectivity index (χ3v) is 1.14. The van der Waals surface area contributed by atoms with E-state index in [-0.39, 0.29) is 5.75 Å². The quantitative estimate of drug-likeness (QED) is 0.627. The van der Waals surface area contributed by atoms with Gasteiger partial charge in [-0.15, -0.1) is 0 Å². The minimum Gasteiger partial charge on any atom is -0.503 e. The summed E-state index contributed by atoms with van der Waals surface area (Å²) in [6, 6.07) is 2.88. The Bertz CT molecular complexity index is 363. The van der Waals surface area contributed by atoms with Crippen molar-refractivity contribution in [2.45, 2.75) is 0 Å². The number of hydrogen-bond donors (Lipinski definition) is 2. The van der Waals surface area contributed by atoms with E-state index in [2.05, 4.69) is 14.4 Å². The Kier molecular flexibility index (Phi) is 3.31. The molecule has 2 aromatic heterocycles. The lowest BCUT2D eigenvalue weighted by molar-refractivity contribution is 0.466. The molecule has 0 aliphatic rings. The van der Waals surface area contributed by atoms with Gasteiger partial charge in [0.05, 0.1) is 6.20 Å². The molecule has 0 unspecified atom stereocenters. The molecule has 0 aromatic carbocycles. The molecule has 2 aromatic rings. The van der Waals surface area contributed by atoms with Crippen LogP contribution in [0.25, 0.3) is 0 Å². The van der Waals surface area contributed by atoms with Gasteiger partial charge in [0.25, 0.3) is 5.56 Å². The number of pyridine rings is 1. The van der Waals surface area contributed by atoms with Crippen LogP contribution in [0.15, 0.2) is 46.4 Å². The van der Waals surface area contributed by atoms with Crippen molar-refractivity contribution in [3.05, 3.63) is 47.5 Å². The largest absolute Gasteiger partial charge is 0.503 e. The summed E-state index contributed by atoms with van der Waals surface area (Å²) in [5.74, 6) is -0.243. The van der Waals surface area contributed by atoms with Gasteiger partial charge in [-0.2, -0.15) is 0 Å². The Morgan fingerprint density at radius 1 is 1.54 bits per heavy atom. The summed E-state index contributed by atoms with van der Waals surface area (Å²) >= 11 is 0. The van der Waals surface area contributed by atoms with Crippen molar-refractivity contribution in [2.24, 2.45) is 0 Å². The summed E-state index contributed by atoms with van der Waals surface area (Å²) in [5.41, 5.74) is -0.451. The van der Waals surface area contributed by atoms with Crippen LogP contribution in [0.1, 0.15) is 0 Å². The number of nitrogens with one attached hydrogen (secondary N) is 1. The van der Waals surface area contributed by atoms with E-state index in [9.17, 15) is 4.79 Å². The Labute approximate surface area is 73.7 Å². The molecule has 0 saturated carbocycles. The zero-order valence-corrected chi connectivity index (χ0v) is 6.68. The SMILES string of the molecule is O=c1[nH]cccc1O.c1cocn1. The maximum absolute atomic E-state index is 10.3. The van der Waals surface area contributed by atoms with Crippen LogP contribution >= 0.6 is 0 Å². The molecule has 68 valence electrons. The van der Waals surface area contributed by atoms with Crippen molar-refractivity contribution >= 4 is 0 Å². The number of H-pyrrole nitrogens is 1. The first-order chi connectivity index (χ1) is 6.30. The fourth-order valence-corrected chi connectivity index (χ4v) is 0.588. The van der Waals surface area contributed by atoms with Gasteiger partial charge >= 0.3 is 0 Å². The number of oxazole rings is 1. The van der Waals surface area contributed by atoms with Crippen LogP contribution in [0.3, 0.4) is 0 Å². The first kappa shape index (κ1) is 9.05. The van der Waals surface area contributed by atoms with Gasteiger partial charge in [0.15, 0.2) is 12.1 Å². The van der Waals surface area contributed by atoms with Crippen molar-refractivity contribution in [2.75, 3.05) is 0 Å². The van der Waals surface area contributed by atoms with Gasteiger partial charge < -0.3 is 14.5 Å². The van der Waals surface area contributed by atoms with Gasteiger partial charge in [-0.1, -0.05) is 0 Å². The van der Waals surface area contributed by atoms with Gasteiger partial charge in [0.2, 0.25) is 0 Å². The molecule has 0 atom stereocenters. The van der Waals surface area contributed by atoms with Crippen LogP contribution in [-0.2, 0) is 0 Å². The zero-order chi connectivity index (χ0) is 9.52. The average Bonchev–Trinajstić information content (AvgIpc) is 2.68. The second-order valence-electron chi connectivity index (χ2n) is 2.06. The number of hydrogen-bond acceptors (Lipinski definition) is 4. The van der Waals surface area contributed by atoms with Crippen molar-refractivity contribution in [1.29, 1.82) is 0 Å². The van der Waals surface area contributed by atoms with Crippen LogP contribution in [-0.4, -0.2) is 15.1 Å². The van der Waals surface area contributed by atoms with Gasteiger partial charge in [0.1, 0.15) is 6.26 Å². The molecule has 0 bridgehead atoms. The first-order valence-electron chi connectivity index (χ1n) is 3.49. The maximum atomic E-state index is 10.3. The van der Waals surface area contributed by atoms with Crippen LogP contribution in [0.4, 0.5) is 0 Å². The van der Waals surface area contributed by atoms with Crippen molar-refractivity contribution in [1.82, 2.24) is 9.97 Å². The van der Waals surface area contributed by atoms with Crippen molar-refractivity contribution in [3.63, 3.8) is 0 Å². The lowest BCUT2D eigenvalue weighted by atomic mass is 10.5. The van der Waals surface area contributed by atoms with E-state index in [4.69, 9.17) is 5.11 Å². The molecule has 5 nitrogen and oxygen atoms in total. The normalized spacial score (nSPS) is 8.62. The molecule has 0 spiro atoms. The molecule has 0 fully saturated rings. The van der Waals surface area contributed by atoms with Gasteiger partial charge in [-0.05, 0) is 12.1 Å². The first-order valence-corrected chi connectivity index (χ1v) is 3.49. The van der Waals surface area contributed by atoms with E-state index < -0.39 is 5.56 Å². The molecular weight excluding hydrogens is 172 g/mol. The topological polar surface area (TPSA) is 79.1 Å². The minimum atomic E-state index is -0.451. The highest BCUT2D eigenvalue weighted by Gasteiger charge is 1.87. The molecule has 0 aliphatic heterocycles. The molecule has 0 amide bonds. The fraction of sp³-hybridized carbons (Fsp3) is 0. The number of rotatable bonds is 0. The lowest BCUT2D eigenvalue weighted by Gasteiger charge is -1.83. The highest BCUT2D eigenvalue weighted by atomic mass is 16.3. The Morgan fingerprint density at radius 2 is 2.38 bits per heavy atom. The second-order valence-corrected chi connectivity index (χ2v) is 2.06. The van der Waals surface area contributed by atoms with Crippen molar-refractivity contribution < 1.29 is 9.52 Å². The highest BCUT2D eigenvalue weighted by molar-refractivity contribution is 5.12. The average molecular weight is 180 g/mol. The van der Waals surface area contributed by atoms with Crippen LogP contribution in [0.2, 0.25) is 0 Å². The van der Waals surface area contributed by atoms with Gasteiger partial charge in [-0.25, -0.2) is 4.98 Å². The number of nitrogens with zero attached hydrogens (tertiary/aromatic N) is 1. The Hall–Kier alpha value is -2.04. The number of aromatic hydroxyl groups is 1. The van der Waals surface area contributed by atoms with E-state index in [0.717, 1.165) is 0 Å². The van der Waals surface area contributed by atoms with E-state index in [0.29, 0.717) is 0 Å². The molecule has 5 heteroatoms. The molecule has 2 rings (SSSR count). The molecule has 0 radical (unpaired) electrons. The predicted molar refractivity (Wildman–Crippen MR) is 45.2 cm³/mol. The molecule has 13 heavy (non-hydrogen) atoms. The minimum absolute atomic E-state index is 0.243. The summed E-state index contributed by atoms with van der Waals surface area (Å²) in [7, 11) is 0. The van der Waals surface area contributed by atoms with Crippen LogP contribution < -0.4 is 5.56 Å². The van der Waals surface area contributed by atoms with Crippen molar-refractivity contribution in [3.8, 4) is 5.75 Å². The Morgan fingerprint density at radius 3 is 2.69 bits per heavy atom. The van der Waals surface area contributed by atoms with Crippen LogP contribution in [0.5, 0.6) is 5.75 Å². The summed E-state index contributed by atoms with van der Waals surface area (Å²) in [5, 5.41) is 8.58. The lowest BCUT2D eigenvalue weighted by Crippen LogP contribution is -2.01. The van der Waals surface area contributed by atoms with Gasteiger partial charge in [0, 0.05) is 6.20 Å². The van der Waals surface area contributed by atoms with Crippen LogP contribution in [0, 0.1) is 0 Å².